The number of pyridine rings is 1. The number of hydrogen-bond acceptors (Lipinski definition) is 3. The van der Waals surface area contributed by atoms with E-state index >= 15 is 0 Å². The average Bonchev–Trinajstić information content (AvgIpc) is 2.30. The second-order valence-corrected chi connectivity index (χ2v) is 4.43. The zero-order chi connectivity index (χ0) is 13.0. The number of carbonyl (C=O) groups excluding carboxylic acids is 1. The van der Waals surface area contributed by atoms with Gasteiger partial charge in [-0.05, 0) is 13.0 Å². The molecule has 94 valence electrons. The standard InChI is InChI=1S/C10H12Cl3N3O/c1-3-16(5-8(17)14-2)10-7(12)4-6(11)9(13)15-10/h4H,3,5H2,1-2H3,(H,14,17). The zero-order valence-corrected chi connectivity index (χ0v) is 11.7. The summed E-state index contributed by atoms with van der Waals surface area (Å²) in [5.41, 5.74) is 0. The lowest BCUT2D eigenvalue weighted by Gasteiger charge is -2.22. The summed E-state index contributed by atoms with van der Waals surface area (Å²) in [4.78, 5) is 17.1. The first-order valence-electron chi connectivity index (χ1n) is 4.96. The van der Waals surface area contributed by atoms with Crippen LogP contribution in [0.5, 0.6) is 0 Å². The lowest BCUT2D eigenvalue weighted by Crippen LogP contribution is -2.36. The smallest absolute Gasteiger partial charge is 0.239 e. The molecular formula is C10H12Cl3N3O. The van der Waals surface area contributed by atoms with Crippen LogP contribution < -0.4 is 10.2 Å². The molecule has 0 spiro atoms. The van der Waals surface area contributed by atoms with Gasteiger partial charge in [0.05, 0.1) is 16.6 Å². The van der Waals surface area contributed by atoms with Crippen LogP contribution in [0, 0.1) is 0 Å². The zero-order valence-electron chi connectivity index (χ0n) is 9.43. The van der Waals surface area contributed by atoms with Gasteiger partial charge < -0.3 is 10.2 Å². The fourth-order valence-corrected chi connectivity index (χ4v) is 1.86. The predicted molar refractivity (Wildman–Crippen MR) is 71.2 cm³/mol. The van der Waals surface area contributed by atoms with Crippen LogP contribution in [-0.2, 0) is 4.79 Å². The second kappa shape index (κ2) is 6.28. The maximum absolute atomic E-state index is 11.3. The van der Waals surface area contributed by atoms with Crippen molar-refractivity contribution in [3.8, 4) is 0 Å². The molecule has 1 aromatic rings. The van der Waals surface area contributed by atoms with Crippen molar-refractivity contribution in [3.63, 3.8) is 0 Å². The lowest BCUT2D eigenvalue weighted by molar-refractivity contribution is -0.119. The molecule has 1 heterocycles. The Labute approximate surface area is 115 Å². The van der Waals surface area contributed by atoms with Crippen molar-refractivity contribution in [3.05, 3.63) is 21.3 Å². The molecule has 1 rings (SSSR count). The Kier molecular flexibility index (Phi) is 5.31. The minimum atomic E-state index is -0.129. The van der Waals surface area contributed by atoms with Gasteiger partial charge in [0.2, 0.25) is 5.91 Å². The molecule has 7 heteroatoms. The Hall–Kier alpha value is -0.710. The first-order chi connectivity index (χ1) is 7.99. The minimum absolute atomic E-state index is 0.129. The van der Waals surface area contributed by atoms with E-state index in [0.29, 0.717) is 17.4 Å². The fraction of sp³-hybridized carbons (Fsp3) is 0.400. The molecule has 0 aliphatic heterocycles. The van der Waals surface area contributed by atoms with Crippen LogP contribution in [0.4, 0.5) is 5.82 Å². The number of amides is 1. The quantitative estimate of drug-likeness (QED) is 0.869. The van der Waals surface area contributed by atoms with E-state index < -0.39 is 0 Å². The van der Waals surface area contributed by atoms with E-state index in [1.807, 2.05) is 6.92 Å². The number of hydrogen-bond donors (Lipinski definition) is 1. The van der Waals surface area contributed by atoms with Crippen LogP contribution in [0.3, 0.4) is 0 Å². The highest BCUT2D eigenvalue weighted by atomic mass is 35.5. The highest BCUT2D eigenvalue weighted by Crippen LogP contribution is 2.30. The van der Waals surface area contributed by atoms with Gasteiger partial charge in [0.15, 0.2) is 0 Å². The molecule has 0 fully saturated rings. The van der Waals surface area contributed by atoms with Crippen LogP contribution in [0.15, 0.2) is 6.07 Å². The maximum Gasteiger partial charge on any atom is 0.239 e. The number of nitrogens with zero attached hydrogens (tertiary/aromatic N) is 2. The molecule has 1 aromatic heterocycles. The van der Waals surface area contributed by atoms with Gasteiger partial charge >= 0.3 is 0 Å². The number of nitrogens with one attached hydrogen (secondary N) is 1. The van der Waals surface area contributed by atoms with Gasteiger partial charge in [0.25, 0.3) is 0 Å². The van der Waals surface area contributed by atoms with Crippen LogP contribution in [0.2, 0.25) is 15.2 Å². The third-order valence-corrected chi connectivity index (χ3v) is 3.11. The molecule has 0 saturated carbocycles. The Morgan fingerprint density at radius 1 is 1.41 bits per heavy atom. The van der Waals surface area contributed by atoms with Gasteiger partial charge in [-0.1, -0.05) is 34.8 Å². The van der Waals surface area contributed by atoms with E-state index in [1.165, 1.54) is 6.07 Å². The molecule has 0 atom stereocenters. The summed E-state index contributed by atoms with van der Waals surface area (Å²) < 4.78 is 0. The van der Waals surface area contributed by atoms with Crippen LogP contribution in [-0.4, -0.2) is 31.0 Å². The number of aromatic nitrogens is 1. The highest BCUT2D eigenvalue weighted by Gasteiger charge is 2.15. The first-order valence-corrected chi connectivity index (χ1v) is 6.10. The highest BCUT2D eigenvalue weighted by molar-refractivity contribution is 6.42. The van der Waals surface area contributed by atoms with Crippen molar-refractivity contribution in [2.24, 2.45) is 0 Å². The molecule has 0 aromatic carbocycles. The molecule has 0 unspecified atom stereocenters. The number of likely N-dealkylation sites (N-methyl/N-ethyl adjacent to an activating group) is 2. The van der Waals surface area contributed by atoms with Gasteiger partial charge in [0.1, 0.15) is 11.0 Å². The fourth-order valence-electron chi connectivity index (χ4n) is 1.25. The number of carbonyl (C=O) groups is 1. The van der Waals surface area contributed by atoms with Crippen molar-refractivity contribution in [1.82, 2.24) is 10.3 Å². The summed E-state index contributed by atoms with van der Waals surface area (Å²) in [6.45, 7) is 2.64. The van der Waals surface area contributed by atoms with Crippen molar-refractivity contribution in [2.45, 2.75) is 6.92 Å². The van der Waals surface area contributed by atoms with E-state index in [9.17, 15) is 4.79 Å². The molecule has 0 bridgehead atoms. The summed E-state index contributed by atoms with van der Waals surface area (Å²) in [5, 5.41) is 3.36. The first kappa shape index (κ1) is 14.4. The van der Waals surface area contributed by atoms with Crippen molar-refractivity contribution < 1.29 is 4.79 Å². The van der Waals surface area contributed by atoms with Gasteiger partial charge in [0, 0.05) is 13.6 Å². The topological polar surface area (TPSA) is 45.2 Å². The van der Waals surface area contributed by atoms with Crippen molar-refractivity contribution in [2.75, 3.05) is 25.0 Å². The van der Waals surface area contributed by atoms with E-state index in [4.69, 9.17) is 34.8 Å². The van der Waals surface area contributed by atoms with Crippen LogP contribution in [0.25, 0.3) is 0 Å². The normalized spacial score (nSPS) is 10.2. The Bertz CT molecular complexity index is 426. The molecule has 0 aliphatic carbocycles. The monoisotopic (exact) mass is 295 g/mol. The second-order valence-electron chi connectivity index (χ2n) is 3.25. The molecule has 17 heavy (non-hydrogen) atoms. The Morgan fingerprint density at radius 3 is 2.59 bits per heavy atom. The van der Waals surface area contributed by atoms with Gasteiger partial charge in [-0.15, -0.1) is 0 Å². The summed E-state index contributed by atoms with van der Waals surface area (Å²) in [6, 6.07) is 1.51. The minimum Gasteiger partial charge on any atom is -0.358 e. The summed E-state index contributed by atoms with van der Waals surface area (Å²) in [6.07, 6.45) is 0. The maximum atomic E-state index is 11.3. The molecule has 1 N–H and O–H groups in total. The van der Waals surface area contributed by atoms with E-state index in [-0.39, 0.29) is 22.6 Å². The van der Waals surface area contributed by atoms with Gasteiger partial charge in [-0.3, -0.25) is 4.79 Å². The molecule has 0 saturated heterocycles. The van der Waals surface area contributed by atoms with Crippen LogP contribution in [0.1, 0.15) is 6.92 Å². The lowest BCUT2D eigenvalue weighted by atomic mass is 10.4. The summed E-state index contributed by atoms with van der Waals surface area (Å²) in [7, 11) is 1.57. The molecule has 0 aliphatic rings. The average molecular weight is 297 g/mol. The van der Waals surface area contributed by atoms with Crippen molar-refractivity contribution in [1.29, 1.82) is 0 Å². The third kappa shape index (κ3) is 3.63. The van der Waals surface area contributed by atoms with Crippen molar-refractivity contribution >= 4 is 46.5 Å². The largest absolute Gasteiger partial charge is 0.358 e. The number of anilines is 1. The molecule has 0 radical (unpaired) electrons. The van der Waals surface area contributed by atoms with Gasteiger partial charge in [-0.25, -0.2) is 4.98 Å². The molecular weight excluding hydrogens is 284 g/mol. The van der Waals surface area contributed by atoms with E-state index in [1.54, 1.807) is 11.9 Å². The summed E-state index contributed by atoms with van der Waals surface area (Å²) in [5.74, 6) is 0.322. The Balaban J connectivity index is 3.03. The number of rotatable bonds is 4. The number of halogens is 3. The van der Waals surface area contributed by atoms with Gasteiger partial charge in [-0.2, -0.15) is 0 Å². The molecule has 4 nitrogen and oxygen atoms in total. The predicted octanol–water partition coefficient (Wildman–Crippen LogP) is 2.61. The SMILES string of the molecule is CCN(CC(=O)NC)c1nc(Cl)c(Cl)cc1Cl. The third-order valence-electron chi connectivity index (χ3n) is 2.16. The summed E-state index contributed by atoms with van der Waals surface area (Å²) >= 11 is 17.6. The van der Waals surface area contributed by atoms with E-state index in [2.05, 4.69) is 10.3 Å². The van der Waals surface area contributed by atoms with Crippen LogP contribution >= 0.6 is 34.8 Å². The Morgan fingerprint density at radius 2 is 2.06 bits per heavy atom. The van der Waals surface area contributed by atoms with E-state index in [0.717, 1.165) is 0 Å². The molecule has 1 amide bonds.